The Labute approximate surface area is 116 Å². The summed E-state index contributed by atoms with van der Waals surface area (Å²) < 4.78 is 39.7. The van der Waals surface area contributed by atoms with E-state index in [4.69, 9.17) is 13.7 Å². The molecule has 0 amide bonds. The molecular formula is C14H12O5S. The van der Waals surface area contributed by atoms with E-state index in [9.17, 15) is 8.42 Å². The molecule has 3 rings (SSSR count). The molecule has 104 valence electrons. The minimum absolute atomic E-state index is 0.112. The number of fused-ring (bicyclic) bond motifs is 1. The first-order valence-corrected chi connectivity index (χ1v) is 7.36. The molecule has 6 heteroatoms. The Morgan fingerprint density at radius 1 is 1.00 bits per heavy atom. The van der Waals surface area contributed by atoms with Gasteiger partial charge >= 0.3 is 10.1 Å². The van der Waals surface area contributed by atoms with Crippen LogP contribution in [0.5, 0.6) is 17.2 Å². The molecule has 0 aromatic heterocycles. The average Bonchev–Trinajstić information content (AvgIpc) is 2.86. The van der Waals surface area contributed by atoms with Gasteiger partial charge < -0.3 is 13.7 Å². The van der Waals surface area contributed by atoms with E-state index >= 15 is 0 Å². The van der Waals surface area contributed by atoms with Crippen LogP contribution in [0.1, 0.15) is 5.56 Å². The van der Waals surface area contributed by atoms with Gasteiger partial charge in [0.05, 0.1) is 0 Å². The normalized spacial score (nSPS) is 13.2. The summed E-state index contributed by atoms with van der Waals surface area (Å²) in [7, 11) is -3.84. The zero-order chi connectivity index (χ0) is 14.2. The second kappa shape index (κ2) is 4.72. The van der Waals surface area contributed by atoms with E-state index in [1.54, 1.807) is 18.2 Å². The quantitative estimate of drug-likeness (QED) is 0.813. The van der Waals surface area contributed by atoms with Gasteiger partial charge in [0.2, 0.25) is 6.79 Å². The van der Waals surface area contributed by atoms with E-state index in [0.717, 1.165) is 5.56 Å². The SMILES string of the molecule is Cc1ccc(S(=O)(=O)Oc2ccc3c(c2)OCO3)cc1. The van der Waals surface area contributed by atoms with Gasteiger partial charge in [-0.1, -0.05) is 17.7 Å². The summed E-state index contributed by atoms with van der Waals surface area (Å²) in [6.45, 7) is 2.01. The minimum Gasteiger partial charge on any atom is -0.454 e. The molecule has 0 saturated carbocycles. The molecule has 1 aliphatic rings. The van der Waals surface area contributed by atoms with Crippen LogP contribution in [0, 0.1) is 6.92 Å². The fourth-order valence-electron chi connectivity index (χ4n) is 1.81. The standard InChI is InChI=1S/C14H12O5S/c1-10-2-5-12(6-3-10)20(15,16)19-11-4-7-13-14(8-11)18-9-17-13/h2-8H,9H2,1H3. The minimum atomic E-state index is -3.84. The van der Waals surface area contributed by atoms with Crippen LogP contribution in [-0.2, 0) is 10.1 Å². The lowest BCUT2D eigenvalue weighted by Gasteiger charge is -2.07. The number of ether oxygens (including phenoxy) is 2. The van der Waals surface area contributed by atoms with Crippen LogP contribution in [-0.4, -0.2) is 15.2 Å². The summed E-state index contributed by atoms with van der Waals surface area (Å²) in [5.74, 6) is 1.24. The van der Waals surface area contributed by atoms with Crippen molar-refractivity contribution in [3.63, 3.8) is 0 Å². The Hall–Kier alpha value is -2.21. The first-order valence-electron chi connectivity index (χ1n) is 5.95. The van der Waals surface area contributed by atoms with E-state index < -0.39 is 10.1 Å². The first kappa shape index (κ1) is 12.8. The Bertz CT molecular complexity index is 735. The maximum atomic E-state index is 12.1. The molecule has 20 heavy (non-hydrogen) atoms. The van der Waals surface area contributed by atoms with Crippen molar-refractivity contribution in [2.24, 2.45) is 0 Å². The molecule has 2 aromatic carbocycles. The Morgan fingerprint density at radius 3 is 2.45 bits per heavy atom. The largest absolute Gasteiger partial charge is 0.454 e. The van der Waals surface area contributed by atoms with Crippen LogP contribution >= 0.6 is 0 Å². The number of benzene rings is 2. The van der Waals surface area contributed by atoms with Crippen LogP contribution in [0.4, 0.5) is 0 Å². The molecule has 0 bridgehead atoms. The summed E-state index contributed by atoms with van der Waals surface area (Å²) in [4.78, 5) is 0.112. The Kier molecular flexibility index (Phi) is 3.02. The molecule has 0 saturated heterocycles. The second-order valence-electron chi connectivity index (χ2n) is 4.37. The summed E-state index contributed by atoms with van der Waals surface area (Å²) in [6, 6.07) is 11.1. The van der Waals surface area contributed by atoms with Gasteiger partial charge in [0, 0.05) is 6.07 Å². The van der Waals surface area contributed by atoms with Gasteiger partial charge in [-0.3, -0.25) is 0 Å². The van der Waals surface area contributed by atoms with E-state index in [0.29, 0.717) is 11.5 Å². The monoisotopic (exact) mass is 292 g/mol. The molecule has 2 aromatic rings. The molecule has 0 spiro atoms. The Morgan fingerprint density at radius 2 is 1.70 bits per heavy atom. The highest BCUT2D eigenvalue weighted by Gasteiger charge is 2.19. The van der Waals surface area contributed by atoms with E-state index in [-0.39, 0.29) is 17.4 Å². The summed E-state index contributed by atoms with van der Waals surface area (Å²) in [5.41, 5.74) is 0.979. The van der Waals surface area contributed by atoms with Crippen LogP contribution < -0.4 is 13.7 Å². The number of rotatable bonds is 3. The molecule has 0 fully saturated rings. The fraction of sp³-hybridized carbons (Fsp3) is 0.143. The van der Waals surface area contributed by atoms with E-state index in [2.05, 4.69) is 0 Å². The zero-order valence-electron chi connectivity index (χ0n) is 10.7. The first-order chi connectivity index (χ1) is 9.54. The predicted molar refractivity (Wildman–Crippen MR) is 71.6 cm³/mol. The number of aryl methyl sites for hydroxylation is 1. The molecule has 0 aliphatic carbocycles. The molecule has 0 radical (unpaired) electrons. The Balaban J connectivity index is 1.88. The number of hydrogen-bond acceptors (Lipinski definition) is 5. The van der Waals surface area contributed by atoms with E-state index in [1.807, 2.05) is 6.92 Å². The molecule has 1 heterocycles. The predicted octanol–water partition coefficient (Wildman–Crippen LogP) is 2.49. The summed E-state index contributed by atoms with van der Waals surface area (Å²) in [5, 5.41) is 0. The molecule has 0 N–H and O–H groups in total. The van der Waals surface area contributed by atoms with Gasteiger partial charge in [-0.2, -0.15) is 8.42 Å². The smallest absolute Gasteiger partial charge is 0.339 e. The highest BCUT2D eigenvalue weighted by molar-refractivity contribution is 7.87. The lowest BCUT2D eigenvalue weighted by atomic mass is 10.2. The van der Waals surface area contributed by atoms with Crippen molar-refractivity contribution >= 4 is 10.1 Å². The van der Waals surface area contributed by atoms with Gasteiger partial charge in [-0.15, -0.1) is 0 Å². The third kappa shape index (κ3) is 2.42. The maximum absolute atomic E-state index is 12.1. The summed E-state index contributed by atoms with van der Waals surface area (Å²) >= 11 is 0. The zero-order valence-corrected chi connectivity index (χ0v) is 11.5. The fourth-order valence-corrected chi connectivity index (χ4v) is 2.73. The average molecular weight is 292 g/mol. The van der Waals surface area contributed by atoms with E-state index in [1.165, 1.54) is 24.3 Å². The lowest BCUT2D eigenvalue weighted by molar-refractivity contribution is 0.174. The van der Waals surface area contributed by atoms with Gasteiger partial charge in [-0.05, 0) is 31.2 Å². The van der Waals surface area contributed by atoms with Crippen molar-refractivity contribution < 1.29 is 22.1 Å². The van der Waals surface area contributed by atoms with Crippen LogP contribution in [0.25, 0.3) is 0 Å². The third-order valence-corrected chi connectivity index (χ3v) is 4.12. The molecular weight excluding hydrogens is 280 g/mol. The highest BCUT2D eigenvalue weighted by atomic mass is 32.2. The van der Waals surface area contributed by atoms with Gasteiger partial charge in [0.25, 0.3) is 0 Å². The van der Waals surface area contributed by atoms with Crippen molar-refractivity contribution in [3.05, 3.63) is 48.0 Å². The lowest BCUT2D eigenvalue weighted by Crippen LogP contribution is -2.09. The third-order valence-electron chi connectivity index (χ3n) is 2.86. The van der Waals surface area contributed by atoms with Crippen molar-refractivity contribution in [2.75, 3.05) is 6.79 Å². The summed E-state index contributed by atoms with van der Waals surface area (Å²) in [6.07, 6.45) is 0. The maximum Gasteiger partial charge on any atom is 0.339 e. The van der Waals surface area contributed by atoms with Crippen LogP contribution in [0.3, 0.4) is 0 Å². The van der Waals surface area contributed by atoms with Crippen molar-refractivity contribution in [3.8, 4) is 17.2 Å². The second-order valence-corrected chi connectivity index (χ2v) is 5.91. The van der Waals surface area contributed by atoms with Crippen molar-refractivity contribution in [1.82, 2.24) is 0 Å². The van der Waals surface area contributed by atoms with Gasteiger partial charge in [-0.25, -0.2) is 0 Å². The molecule has 0 unspecified atom stereocenters. The number of hydrogen-bond donors (Lipinski definition) is 0. The molecule has 0 atom stereocenters. The van der Waals surface area contributed by atoms with Gasteiger partial charge in [0.15, 0.2) is 11.5 Å². The van der Waals surface area contributed by atoms with Crippen LogP contribution in [0.15, 0.2) is 47.4 Å². The topological polar surface area (TPSA) is 61.8 Å². The molecule has 5 nitrogen and oxygen atoms in total. The van der Waals surface area contributed by atoms with Gasteiger partial charge in [0.1, 0.15) is 10.6 Å². The van der Waals surface area contributed by atoms with Crippen molar-refractivity contribution in [2.45, 2.75) is 11.8 Å². The highest BCUT2D eigenvalue weighted by Crippen LogP contribution is 2.35. The molecule has 1 aliphatic heterocycles. The van der Waals surface area contributed by atoms with Crippen molar-refractivity contribution in [1.29, 1.82) is 0 Å². The van der Waals surface area contributed by atoms with Crippen LogP contribution in [0.2, 0.25) is 0 Å².